The molecule has 0 aliphatic heterocycles. The molecule has 1 aromatic carbocycles. The van der Waals surface area contributed by atoms with E-state index in [1.807, 2.05) is 6.07 Å². The molecule has 0 amide bonds. The number of halogens is 1. The Balaban J connectivity index is 1.94. The molecule has 1 N–H and O–H groups in total. The molecule has 94 valence electrons. The van der Waals surface area contributed by atoms with Gasteiger partial charge in [-0.15, -0.1) is 11.3 Å². The van der Waals surface area contributed by atoms with E-state index in [0.29, 0.717) is 0 Å². The Kier molecular flexibility index (Phi) is 3.31. The van der Waals surface area contributed by atoms with Gasteiger partial charge in [0.05, 0.1) is 0 Å². The summed E-state index contributed by atoms with van der Waals surface area (Å²) in [5, 5.41) is 10.5. The van der Waals surface area contributed by atoms with E-state index in [4.69, 9.17) is 0 Å². The fourth-order valence-electron chi connectivity index (χ4n) is 2.54. The predicted octanol–water partition coefficient (Wildman–Crippen LogP) is 4.39. The van der Waals surface area contributed by atoms with Crippen molar-refractivity contribution in [3.63, 3.8) is 0 Å². The molecule has 1 aliphatic rings. The fourth-order valence-corrected chi connectivity index (χ4v) is 4.12. The maximum absolute atomic E-state index is 10.5. The van der Waals surface area contributed by atoms with Crippen LogP contribution >= 0.6 is 27.3 Å². The first-order chi connectivity index (χ1) is 8.65. The van der Waals surface area contributed by atoms with Crippen LogP contribution in [0.25, 0.3) is 0 Å². The number of aliphatic hydroxyl groups is 1. The largest absolute Gasteiger partial charge is 0.383 e. The number of fused-ring (bicyclic) bond motifs is 1. The smallest absolute Gasteiger partial charge is 0.113 e. The molecule has 1 unspecified atom stereocenters. The average molecular weight is 323 g/mol. The minimum absolute atomic E-state index is 0.495. The van der Waals surface area contributed by atoms with Gasteiger partial charge in [-0.25, -0.2) is 0 Å². The van der Waals surface area contributed by atoms with Crippen LogP contribution in [0, 0.1) is 6.92 Å². The number of aryl methyl sites for hydroxylation is 3. The van der Waals surface area contributed by atoms with Crippen molar-refractivity contribution in [1.82, 2.24) is 0 Å². The summed E-state index contributed by atoms with van der Waals surface area (Å²) in [6, 6.07) is 8.45. The minimum atomic E-state index is -0.495. The number of aliphatic hydroxyl groups excluding tert-OH is 1. The Labute approximate surface area is 120 Å². The first-order valence-electron chi connectivity index (χ1n) is 6.21. The van der Waals surface area contributed by atoms with Crippen LogP contribution in [0.15, 0.2) is 28.7 Å². The Morgan fingerprint density at radius 1 is 1.22 bits per heavy atom. The highest BCUT2D eigenvalue weighted by atomic mass is 79.9. The van der Waals surface area contributed by atoms with E-state index < -0.39 is 6.10 Å². The van der Waals surface area contributed by atoms with Gasteiger partial charge in [0.2, 0.25) is 0 Å². The number of thiophene rings is 1. The molecule has 1 aromatic heterocycles. The van der Waals surface area contributed by atoms with Crippen molar-refractivity contribution in [2.24, 2.45) is 0 Å². The van der Waals surface area contributed by atoms with Crippen LogP contribution in [0.1, 0.15) is 39.0 Å². The topological polar surface area (TPSA) is 20.2 Å². The second-order valence-corrected chi connectivity index (χ2v) is 6.98. The molecule has 0 saturated heterocycles. The van der Waals surface area contributed by atoms with Gasteiger partial charge < -0.3 is 5.11 Å². The van der Waals surface area contributed by atoms with Gasteiger partial charge in [-0.1, -0.05) is 18.2 Å². The molecule has 0 saturated carbocycles. The van der Waals surface area contributed by atoms with Gasteiger partial charge in [-0.3, -0.25) is 0 Å². The molecule has 3 rings (SSSR count). The zero-order chi connectivity index (χ0) is 12.7. The standard InChI is InChI=1S/C15H15BrOS/c1-9-13(16)8-14(18-9)15(17)12-6-5-10-3-2-4-11(10)7-12/h5-8,15,17H,2-4H2,1H3. The fraction of sp³-hybridized carbons (Fsp3) is 0.333. The quantitative estimate of drug-likeness (QED) is 0.869. The van der Waals surface area contributed by atoms with E-state index in [1.165, 1.54) is 28.8 Å². The maximum atomic E-state index is 10.5. The zero-order valence-electron chi connectivity index (χ0n) is 10.2. The number of hydrogen-bond donors (Lipinski definition) is 1. The first-order valence-corrected chi connectivity index (χ1v) is 7.81. The lowest BCUT2D eigenvalue weighted by Gasteiger charge is -2.10. The van der Waals surface area contributed by atoms with Crippen molar-refractivity contribution in [3.8, 4) is 0 Å². The average Bonchev–Trinajstić information content (AvgIpc) is 2.95. The van der Waals surface area contributed by atoms with Crippen molar-refractivity contribution < 1.29 is 5.11 Å². The van der Waals surface area contributed by atoms with Crippen LogP contribution in [-0.4, -0.2) is 5.11 Å². The third kappa shape index (κ3) is 2.15. The first kappa shape index (κ1) is 12.4. The highest BCUT2D eigenvalue weighted by molar-refractivity contribution is 9.10. The molecule has 1 aliphatic carbocycles. The highest BCUT2D eigenvalue weighted by Crippen LogP contribution is 2.35. The summed E-state index contributed by atoms with van der Waals surface area (Å²) in [6.07, 6.45) is 3.10. The van der Waals surface area contributed by atoms with Crippen molar-refractivity contribution in [2.45, 2.75) is 32.3 Å². The molecule has 0 radical (unpaired) electrons. The van der Waals surface area contributed by atoms with Gasteiger partial charge in [0.15, 0.2) is 0 Å². The van der Waals surface area contributed by atoms with E-state index >= 15 is 0 Å². The van der Waals surface area contributed by atoms with Crippen LogP contribution in [0.5, 0.6) is 0 Å². The summed E-state index contributed by atoms with van der Waals surface area (Å²) in [5.74, 6) is 0. The van der Waals surface area contributed by atoms with Crippen LogP contribution in [0.2, 0.25) is 0 Å². The van der Waals surface area contributed by atoms with Gasteiger partial charge in [0.25, 0.3) is 0 Å². The molecule has 3 heteroatoms. The summed E-state index contributed by atoms with van der Waals surface area (Å²) in [4.78, 5) is 2.22. The van der Waals surface area contributed by atoms with E-state index in [0.717, 1.165) is 21.3 Å². The molecule has 0 spiro atoms. The molecule has 2 aromatic rings. The van der Waals surface area contributed by atoms with Crippen LogP contribution < -0.4 is 0 Å². The highest BCUT2D eigenvalue weighted by Gasteiger charge is 2.17. The Hall–Kier alpha value is -0.640. The monoisotopic (exact) mass is 322 g/mol. The summed E-state index contributed by atoms with van der Waals surface area (Å²) in [6.45, 7) is 2.06. The molecule has 0 bridgehead atoms. The van der Waals surface area contributed by atoms with Crippen molar-refractivity contribution in [1.29, 1.82) is 0 Å². The van der Waals surface area contributed by atoms with E-state index in [-0.39, 0.29) is 0 Å². The molecule has 0 fully saturated rings. The minimum Gasteiger partial charge on any atom is -0.383 e. The van der Waals surface area contributed by atoms with E-state index in [2.05, 4.69) is 41.1 Å². The zero-order valence-corrected chi connectivity index (χ0v) is 12.6. The van der Waals surface area contributed by atoms with Crippen molar-refractivity contribution in [3.05, 3.63) is 55.2 Å². The van der Waals surface area contributed by atoms with Gasteiger partial charge in [0, 0.05) is 14.2 Å². The van der Waals surface area contributed by atoms with Crippen molar-refractivity contribution >= 4 is 27.3 Å². The van der Waals surface area contributed by atoms with Crippen LogP contribution in [0.4, 0.5) is 0 Å². The summed E-state index contributed by atoms with van der Waals surface area (Å²) < 4.78 is 1.09. The Morgan fingerprint density at radius 3 is 2.72 bits per heavy atom. The lowest BCUT2D eigenvalue weighted by atomic mass is 10.0. The van der Waals surface area contributed by atoms with Gasteiger partial charge in [-0.2, -0.15) is 0 Å². The van der Waals surface area contributed by atoms with E-state index in [1.54, 1.807) is 11.3 Å². The molecular weight excluding hydrogens is 308 g/mol. The van der Waals surface area contributed by atoms with Gasteiger partial charge >= 0.3 is 0 Å². The Bertz CT molecular complexity index is 569. The van der Waals surface area contributed by atoms with Crippen LogP contribution in [0.3, 0.4) is 0 Å². The Morgan fingerprint density at radius 2 is 2.00 bits per heavy atom. The molecule has 1 heterocycles. The van der Waals surface area contributed by atoms with Gasteiger partial charge in [0.1, 0.15) is 6.10 Å². The molecule has 1 nitrogen and oxygen atoms in total. The van der Waals surface area contributed by atoms with Crippen LogP contribution in [-0.2, 0) is 12.8 Å². The number of benzene rings is 1. The lowest BCUT2D eigenvalue weighted by Crippen LogP contribution is -1.98. The lowest BCUT2D eigenvalue weighted by molar-refractivity contribution is 0.224. The SMILES string of the molecule is Cc1sc(C(O)c2ccc3c(c2)CCC3)cc1Br. The third-order valence-corrected chi connectivity index (χ3v) is 5.77. The second-order valence-electron chi connectivity index (χ2n) is 4.84. The second kappa shape index (κ2) is 4.80. The third-order valence-electron chi connectivity index (χ3n) is 3.58. The molecular formula is C15H15BrOS. The number of hydrogen-bond acceptors (Lipinski definition) is 2. The summed E-state index contributed by atoms with van der Waals surface area (Å²) >= 11 is 5.16. The number of rotatable bonds is 2. The van der Waals surface area contributed by atoms with Gasteiger partial charge in [-0.05, 0) is 64.9 Å². The maximum Gasteiger partial charge on any atom is 0.113 e. The molecule has 18 heavy (non-hydrogen) atoms. The molecule has 1 atom stereocenters. The van der Waals surface area contributed by atoms with Crippen molar-refractivity contribution in [2.75, 3.05) is 0 Å². The van der Waals surface area contributed by atoms with E-state index in [9.17, 15) is 5.11 Å². The summed E-state index contributed by atoms with van der Waals surface area (Å²) in [5.41, 5.74) is 3.89. The summed E-state index contributed by atoms with van der Waals surface area (Å²) in [7, 11) is 0. The normalized spacial score (nSPS) is 15.7. The predicted molar refractivity (Wildman–Crippen MR) is 79.3 cm³/mol.